The summed E-state index contributed by atoms with van der Waals surface area (Å²) in [5.74, 6) is 4.74. The molecule has 0 aromatic carbocycles. The molecule has 0 N–H and O–H groups in total. The van der Waals surface area contributed by atoms with Crippen LogP contribution < -0.4 is 0 Å². The lowest BCUT2D eigenvalue weighted by Crippen LogP contribution is -2.00. The Labute approximate surface area is 171 Å². The largest absolute Gasteiger partial charge is 0.339 e. The maximum atomic E-state index is 4.86. The van der Waals surface area contributed by atoms with Gasteiger partial charge in [-0.05, 0) is 13.8 Å². The summed E-state index contributed by atoms with van der Waals surface area (Å²) >= 11 is 0. The fourth-order valence-electron chi connectivity index (χ4n) is 1.96. The minimum Gasteiger partial charge on any atom is -0.339 e. The Morgan fingerprint density at radius 2 is 1.46 bits per heavy atom. The lowest BCUT2D eigenvalue weighted by atomic mass is 10.2. The van der Waals surface area contributed by atoms with E-state index in [4.69, 9.17) is 4.52 Å². The van der Waals surface area contributed by atoms with Gasteiger partial charge in [-0.15, -0.1) is 0 Å². The molecule has 2 aliphatic heterocycles. The van der Waals surface area contributed by atoms with Crippen LogP contribution in [-0.4, -0.2) is 46.8 Å². The molecule has 3 rings (SSSR count). The van der Waals surface area contributed by atoms with Gasteiger partial charge in [-0.3, -0.25) is 9.98 Å². The van der Waals surface area contributed by atoms with Gasteiger partial charge in [0.1, 0.15) is 11.7 Å². The van der Waals surface area contributed by atoms with Crippen molar-refractivity contribution < 1.29 is 4.52 Å². The van der Waals surface area contributed by atoms with Crippen molar-refractivity contribution in [3.05, 3.63) is 11.7 Å². The number of aliphatic imine (C=N–C) groups is 4. The summed E-state index contributed by atoms with van der Waals surface area (Å²) in [6, 6.07) is 0. The minimum absolute atomic E-state index is 0. The van der Waals surface area contributed by atoms with Gasteiger partial charge < -0.3 is 4.52 Å². The van der Waals surface area contributed by atoms with E-state index in [9.17, 15) is 0 Å². The highest BCUT2D eigenvalue weighted by atomic mass is 16.5. The van der Waals surface area contributed by atoms with Crippen LogP contribution in [0.25, 0.3) is 0 Å². The van der Waals surface area contributed by atoms with E-state index in [-0.39, 0.29) is 14.9 Å². The van der Waals surface area contributed by atoms with Crippen LogP contribution in [0.15, 0.2) is 24.5 Å². The van der Waals surface area contributed by atoms with Crippen LogP contribution in [0.4, 0.5) is 0 Å². The van der Waals surface area contributed by atoms with Crippen LogP contribution in [0, 0.1) is 18.8 Å². The first-order chi connectivity index (χ1) is 12.2. The van der Waals surface area contributed by atoms with Crippen LogP contribution in [0.3, 0.4) is 0 Å². The first-order valence-corrected chi connectivity index (χ1v) is 9.16. The third-order valence-electron chi connectivity index (χ3n) is 3.40. The number of aryl methyl sites for hydroxylation is 1. The second-order valence-electron chi connectivity index (χ2n) is 7.18. The Hall–Kier alpha value is -2.18. The first kappa shape index (κ1) is 28.0. The zero-order chi connectivity index (χ0) is 19.7. The van der Waals surface area contributed by atoms with Crippen LogP contribution in [0.1, 0.15) is 81.0 Å². The average molecular weight is 393 g/mol. The van der Waals surface area contributed by atoms with Gasteiger partial charge in [0.15, 0.2) is 5.82 Å². The third-order valence-corrected chi connectivity index (χ3v) is 3.40. The van der Waals surface area contributed by atoms with Crippen molar-refractivity contribution in [2.24, 2.45) is 31.8 Å². The molecule has 0 saturated heterocycles. The molecule has 2 aliphatic rings. The first-order valence-electron chi connectivity index (χ1n) is 9.16. The Kier molecular flexibility index (Phi) is 13.9. The Morgan fingerprint density at radius 1 is 0.857 bits per heavy atom. The molecule has 0 aliphatic carbocycles. The Bertz CT molecular complexity index is 681. The van der Waals surface area contributed by atoms with Gasteiger partial charge in [0.05, 0.1) is 13.1 Å². The van der Waals surface area contributed by atoms with Crippen LogP contribution in [-0.2, 0) is 0 Å². The molecule has 3 heterocycles. The fraction of sp³-hybridized carbons (Fsp3) is 0.714. The van der Waals surface area contributed by atoms with Crippen molar-refractivity contribution in [2.75, 3.05) is 13.1 Å². The molecule has 0 saturated carbocycles. The zero-order valence-electron chi connectivity index (χ0n) is 17.3. The van der Waals surface area contributed by atoms with Crippen LogP contribution >= 0.6 is 0 Å². The normalized spacial score (nSPS) is 14.3. The topological polar surface area (TPSA) is 88.4 Å². The smallest absolute Gasteiger partial charge is 0.229 e. The molecule has 0 radical (unpaired) electrons. The van der Waals surface area contributed by atoms with Crippen molar-refractivity contribution in [3.8, 4) is 0 Å². The van der Waals surface area contributed by atoms with Crippen molar-refractivity contribution >= 4 is 23.6 Å². The standard InChI is InChI=1S/C7H12N2.C6H10N2O.C6H10N2.2CH4/c1-5(2)7-8-4-6(3)9-7;1-4(2)6-7-5(3)8-9-6;1-5(2)6-7-3-4-8-6;;/h5H,4H2,1-3H3;4H,1-3H3;3,5H,4H2,1-2H3;2*1H4. The molecule has 1 aromatic heterocycles. The third kappa shape index (κ3) is 10.2. The van der Waals surface area contributed by atoms with Gasteiger partial charge in [0.2, 0.25) is 5.89 Å². The molecule has 0 fully saturated rings. The molecule has 0 bridgehead atoms. The molecule has 7 nitrogen and oxygen atoms in total. The molecule has 28 heavy (non-hydrogen) atoms. The number of hydrogen-bond acceptors (Lipinski definition) is 7. The van der Waals surface area contributed by atoms with E-state index in [1.54, 1.807) is 0 Å². The molecular weight excluding hydrogens is 352 g/mol. The summed E-state index contributed by atoms with van der Waals surface area (Å²) in [5.41, 5.74) is 1.14. The van der Waals surface area contributed by atoms with E-state index >= 15 is 0 Å². The van der Waals surface area contributed by atoms with Crippen LogP contribution in [0.2, 0.25) is 0 Å². The van der Waals surface area contributed by atoms with Gasteiger partial charge in [-0.2, -0.15) is 4.98 Å². The summed E-state index contributed by atoms with van der Waals surface area (Å²) in [6.07, 6.45) is 1.84. The van der Waals surface area contributed by atoms with Crippen LogP contribution in [0.5, 0.6) is 0 Å². The van der Waals surface area contributed by atoms with Gasteiger partial charge in [-0.25, -0.2) is 9.98 Å². The minimum atomic E-state index is 0. The lowest BCUT2D eigenvalue weighted by Gasteiger charge is -1.97. The summed E-state index contributed by atoms with van der Waals surface area (Å²) in [4.78, 5) is 20.7. The molecule has 7 heteroatoms. The average Bonchev–Trinajstić information content (AvgIpc) is 3.28. The highest BCUT2D eigenvalue weighted by molar-refractivity contribution is 6.03. The fourth-order valence-corrected chi connectivity index (χ4v) is 1.96. The van der Waals surface area contributed by atoms with Gasteiger partial charge in [-0.1, -0.05) is 61.6 Å². The number of rotatable bonds is 3. The highest BCUT2D eigenvalue weighted by Gasteiger charge is 2.08. The zero-order valence-corrected chi connectivity index (χ0v) is 17.3. The SMILES string of the molecule is C.C.CC(C)C1=NCC=N1.CC1=NC(C(C)C)=NC1.Cc1noc(C(C)C)n1. The summed E-state index contributed by atoms with van der Waals surface area (Å²) < 4.78 is 4.86. The molecule has 0 amide bonds. The van der Waals surface area contributed by atoms with Gasteiger partial charge in [0.25, 0.3) is 0 Å². The van der Waals surface area contributed by atoms with E-state index in [0.717, 1.165) is 30.5 Å². The van der Waals surface area contributed by atoms with Crippen molar-refractivity contribution in [1.29, 1.82) is 0 Å². The summed E-state index contributed by atoms with van der Waals surface area (Å²) in [5, 5.41) is 3.65. The predicted molar refractivity (Wildman–Crippen MR) is 122 cm³/mol. The summed E-state index contributed by atoms with van der Waals surface area (Å²) in [6.45, 7) is 17.9. The van der Waals surface area contributed by atoms with Gasteiger partial charge >= 0.3 is 0 Å². The van der Waals surface area contributed by atoms with E-state index in [1.165, 1.54) is 0 Å². The van der Waals surface area contributed by atoms with E-state index in [1.807, 2.05) is 33.9 Å². The molecule has 1 aromatic rings. The maximum absolute atomic E-state index is 4.86. The van der Waals surface area contributed by atoms with E-state index < -0.39 is 0 Å². The van der Waals surface area contributed by atoms with Gasteiger partial charge in [0, 0.05) is 29.7 Å². The number of amidine groups is 2. The second-order valence-corrected chi connectivity index (χ2v) is 7.18. The number of hydrogen-bond donors (Lipinski definition) is 0. The van der Waals surface area contributed by atoms with E-state index in [0.29, 0.717) is 29.5 Å². The molecule has 160 valence electrons. The van der Waals surface area contributed by atoms with Crippen molar-refractivity contribution in [1.82, 2.24) is 10.1 Å². The lowest BCUT2D eigenvalue weighted by molar-refractivity contribution is 0.362. The quantitative estimate of drug-likeness (QED) is 0.688. The molecular formula is C21H40N6O. The Balaban J connectivity index is 0. The van der Waals surface area contributed by atoms with E-state index in [2.05, 4.69) is 57.8 Å². The number of nitrogens with zero attached hydrogens (tertiary/aromatic N) is 6. The summed E-state index contributed by atoms with van der Waals surface area (Å²) in [7, 11) is 0. The van der Waals surface area contributed by atoms with Crippen molar-refractivity contribution in [2.45, 2.75) is 76.2 Å². The second kappa shape index (κ2) is 13.9. The molecule has 0 atom stereocenters. The Morgan fingerprint density at radius 3 is 1.68 bits per heavy atom. The number of aromatic nitrogens is 2. The molecule has 0 unspecified atom stereocenters. The maximum Gasteiger partial charge on any atom is 0.229 e. The predicted octanol–water partition coefficient (Wildman–Crippen LogP) is 5.41. The highest BCUT2D eigenvalue weighted by Crippen LogP contribution is 2.09. The van der Waals surface area contributed by atoms with Crippen molar-refractivity contribution in [3.63, 3.8) is 0 Å². The molecule has 0 spiro atoms. The monoisotopic (exact) mass is 392 g/mol.